The molecule has 0 bridgehead atoms. The normalized spacial score (nSPS) is 16.3. The maximum absolute atomic E-state index is 14.8. The second-order valence-corrected chi connectivity index (χ2v) is 8.09. The third-order valence-corrected chi connectivity index (χ3v) is 5.83. The molecular weight excluding hydrogens is 453 g/mol. The van der Waals surface area contributed by atoms with Gasteiger partial charge in [0.2, 0.25) is 10.0 Å². The van der Waals surface area contributed by atoms with Gasteiger partial charge < -0.3 is 10.1 Å². The van der Waals surface area contributed by atoms with Crippen molar-refractivity contribution in [1.82, 2.24) is 4.72 Å². The quantitative estimate of drug-likeness (QED) is 0.706. The van der Waals surface area contributed by atoms with Gasteiger partial charge in [0.25, 0.3) is 5.91 Å². The molecule has 0 spiro atoms. The van der Waals surface area contributed by atoms with E-state index in [0.29, 0.717) is 19.1 Å². The molecule has 6 nitrogen and oxygen atoms in total. The molecule has 29 heavy (non-hydrogen) atoms. The number of halogens is 4. The van der Waals surface area contributed by atoms with Crippen molar-refractivity contribution in [2.45, 2.75) is 17.4 Å². The Bertz CT molecular complexity index is 1030. The van der Waals surface area contributed by atoms with Gasteiger partial charge in [-0.2, -0.15) is 13.5 Å². The summed E-state index contributed by atoms with van der Waals surface area (Å²) >= 11 is 5.60. The molecule has 0 saturated carbocycles. The Morgan fingerprint density at radius 1 is 1.14 bits per heavy atom. The lowest BCUT2D eigenvalue weighted by Gasteiger charge is -2.14. The Labute approximate surface area is 176 Å². The van der Waals surface area contributed by atoms with Gasteiger partial charge in [-0.25, -0.2) is 26.3 Å². The SMILES string of the molecule is O=C(Nc1ccc(F)c(Cl)c1)c1c(F)ccc(S(=O)(=O)N[C@H]2CCOC2)c1F.S. The molecule has 0 aliphatic carbocycles. The predicted octanol–water partition coefficient (Wildman–Crippen LogP) is 3.19. The van der Waals surface area contributed by atoms with Crippen LogP contribution in [0.2, 0.25) is 5.02 Å². The van der Waals surface area contributed by atoms with Crippen LogP contribution in [-0.2, 0) is 14.8 Å². The average molecular weight is 469 g/mol. The van der Waals surface area contributed by atoms with Gasteiger partial charge in [0.15, 0.2) is 5.82 Å². The van der Waals surface area contributed by atoms with Crippen molar-refractivity contribution in [2.24, 2.45) is 0 Å². The number of ether oxygens (including phenoxy) is 1. The molecule has 1 aliphatic heterocycles. The molecule has 0 aromatic heterocycles. The number of anilines is 1. The van der Waals surface area contributed by atoms with Gasteiger partial charge in [-0.05, 0) is 36.8 Å². The lowest BCUT2D eigenvalue weighted by atomic mass is 10.1. The molecule has 1 atom stereocenters. The van der Waals surface area contributed by atoms with E-state index in [0.717, 1.165) is 24.3 Å². The molecule has 2 N–H and O–H groups in total. The molecule has 1 heterocycles. The first kappa shape index (κ1) is 23.5. The summed E-state index contributed by atoms with van der Waals surface area (Å²) < 4.78 is 74.2. The number of rotatable bonds is 5. The zero-order chi connectivity index (χ0) is 20.5. The molecule has 1 aliphatic rings. The maximum atomic E-state index is 14.8. The van der Waals surface area contributed by atoms with Gasteiger partial charge in [0, 0.05) is 18.3 Å². The number of sulfonamides is 1. The fourth-order valence-electron chi connectivity index (χ4n) is 2.63. The Kier molecular flexibility index (Phi) is 7.57. The largest absolute Gasteiger partial charge is 0.380 e. The van der Waals surface area contributed by atoms with E-state index in [9.17, 15) is 26.4 Å². The molecule has 158 valence electrons. The number of hydrogen-bond acceptors (Lipinski definition) is 4. The lowest BCUT2D eigenvalue weighted by Crippen LogP contribution is -2.35. The number of carbonyl (C=O) groups excluding carboxylic acids is 1. The van der Waals surface area contributed by atoms with Crippen LogP contribution in [0.1, 0.15) is 16.8 Å². The number of benzene rings is 2. The van der Waals surface area contributed by atoms with E-state index in [1.807, 2.05) is 0 Å². The van der Waals surface area contributed by atoms with Crippen molar-refractivity contribution in [2.75, 3.05) is 18.5 Å². The first-order valence-corrected chi connectivity index (χ1v) is 9.89. The average Bonchev–Trinajstić information content (AvgIpc) is 3.10. The minimum absolute atomic E-state index is 0. The summed E-state index contributed by atoms with van der Waals surface area (Å²) in [7, 11) is -4.35. The van der Waals surface area contributed by atoms with Crippen molar-refractivity contribution in [1.29, 1.82) is 0 Å². The molecule has 3 rings (SSSR count). The summed E-state index contributed by atoms with van der Waals surface area (Å²) in [6, 6.07) is 4.00. The second kappa shape index (κ2) is 9.35. The summed E-state index contributed by atoms with van der Waals surface area (Å²) in [4.78, 5) is 11.4. The van der Waals surface area contributed by atoms with Gasteiger partial charge in [0.1, 0.15) is 22.1 Å². The van der Waals surface area contributed by atoms with Crippen molar-refractivity contribution < 1.29 is 31.1 Å². The molecule has 1 amide bonds. The topological polar surface area (TPSA) is 84.5 Å². The van der Waals surface area contributed by atoms with Gasteiger partial charge in [-0.15, -0.1) is 0 Å². The first-order chi connectivity index (χ1) is 13.2. The summed E-state index contributed by atoms with van der Waals surface area (Å²) in [6.45, 7) is 0.480. The highest BCUT2D eigenvalue weighted by molar-refractivity contribution is 7.89. The molecule has 0 radical (unpaired) electrons. The van der Waals surface area contributed by atoms with Gasteiger partial charge >= 0.3 is 0 Å². The molecule has 12 heteroatoms. The van der Waals surface area contributed by atoms with Crippen LogP contribution in [0.25, 0.3) is 0 Å². The van der Waals surface area contributed by atoms with Gasteiger partial charge in [-0.3, -0.25) is 4.79 Å². The minimum Gasteiger partial charge on any atom is -0.380 e. The van der Waals surface area contributed by atoms with Crippen LogP contribution in [0.3, 0.4) is 0 Å². The zero-order valence-corrected chi connectivity index (χ0v) is 17.2. The Hall–Kier alpha value is -1.79. The highest BCUT2D eigenvalue weighted by atomic mass is 35.5. The minimum atomic E-state index is -4.35. The Morgan fingerprint density at radius 2 is 1.83 bits per heavy atom. The van der Waals surface area contributed by atoms with Crippen LogP contribution < -0.4 is 10.0 Å². The fraction of sp³-hybridized carbons (Fsp3) is 0.235. The number of carbonyl (C=O) groups is 1. The highest BCUT2D eigenvalue weighted by Crippen LogP contribution is 2.24. The van der Waals surface area contributed by atoms with E-state index in [1.54, 1.807) is 0 Å². The fourth-order valence-corrected chi connectivity index (χ4v) is 4.14. The second-order valence-electron chi connectivity index (χ2n) is 6.00. The molecule has 0 unspecified atom stereocenters. The van der Waals surface area contributed by atoms with E-state index in [1.165, 1.54) is 0 Å². The van der Waals surface area contributed by atoms with E-state index < -0.39 is 49.9 Å². The number of amides is 1. The lowest BCUT2D eigenvalue weighted by molar-refractivity contribution is 0.101. The first-order valence-electron chi connectivity index (χ1n) is 8.03. The number of hydrogen-bond donors (Lipinski definition) is 2. The monoisotopic (exact) mass is 468 g/mol. The van der Waals surface area contributed by atoms with Crippen LogP contribution in [0.5, 0.6) is 0 Å². The van der Waals surface area contributed by atoms with Crippen molar-refractivity contribution >= 4 is 46.7 Å². The van der Waals surface area contributed by atoms with E-state index >= 15 is 0 Å². The predicted molar refractivity (Wildman–Crippen MR) is 106 cm³/mol. The molecule has 2 aromatic rings. The van der Waals surface area contributed by atoms with E-state index in [4.69, 9.17) is 16.3 Å². The summed E-state index contributed by atoms with van der Waals surface area (Å²) in [5, 5.41) is 1.85. The molecular formula is C17H16ClF3N2O4S2. The van der Waals surface area contributed by atoms with Crippen molar-refractivity contribution in [3.63, 3.8) is 0 Å². The van der Waals surface area contributed by atoms with Crippen LogP contribution in [0.4, 0.5) is 18.9 Å². The van der Waals surface area contributed by atoms with Crippen LogP contribution in [-0.4, -0.2) is 33.6 Å². The highest BCUT2D eigenvalue weighted by Gasteiger charge is 2.30. The Balaban J connectivity index is 0.00000300. The standard InChI is InChI=1S/C17H14ClF3N2O4S.H2S/c18-11-7-9(1-2-12(11)19)22-17(24)15-13(20)3-4-14(16(15)21)28(25,26)23-10-5-6-27-8-10;/h1-4,7,10,23H,5-6,8H2,(H,22,24);1H2/t10-;/m0./s1. The third kappa shape index (κ3) is 5.23. The van der Waals surface area contributed by atoms with Crippen LogP contribution in [0, 0.1) is 17.5 Å². The van der Waals surface area contributed by atoms with Crippen molar-refractivity contribution in [3.8, 4) is 0 Å². The van der Waals surface area contributed by atoms with Gasteiger partial charge in [-0.1, -0.05) is 11.6 Å². The molecule has 1 fully saturated rings. The zero-order valence-electron chi connectivity index (χ0n) is 14.6. The van der Waals surface area contributed by atoms with E-state index in [-0.39, 0.29) is 30.8 Å². The Morgan fingerprint density at radius 3 is 2.45 bits per heavy atom. The summed E-state index contributed by atoms with van der Waals surface area (Å²) in [5.41, 5.74) is -1.12. The van der Waals surface area contributed by atoms with E-state index in [2.05, 4.69) is 10.0 Å². The molecule has 1 saturated heterocycles. The maximum Gasteiger partial charge on any atom is 0.261 e. The smallest absolute Gasteiger partial charge is 0.261 e. The van der Waals surface area contributed by atoms with Gasteiger partial charge in [0.05, 0.1) is 11.6 Å². The van der Waals surface area contributed by atoms with Crippen LogP contribution >= 0.6 is 25.1 Å². The number of nitrogens with one attached hydrogen (secondary N) is 2. The van der Waals surface area contributed by atoms with Crippen LogP contribution in [0.15, 0.2) is 35.2 Å². The summed E-state index contributed by atoms with van der Waals surface area (Å²) in [6.07, 6.45) is 0.403. The van der Waals surface area contributed by atoms with Crippen molar-refractivity contribution in [3.05, 3.63) is 58.4 Å². The third-order valence-electron chi connectivity index (χ3n) is 4.00. The summed E-state index contributed by atoms with van der Waals surface area (Å²) in [5.74, 6) is -4.80. The molecule has 2 aromatic carbocycles.